The molecule has 9 nitrogen and oxygen atoms in total. The molecule has 9 heteroatoms. The molecule has 0 unspecified atom stereocenters. The summed E-state index contributed by atoms with van der Waals surface area (Å²) in [5.74, 6) is 0.347. The lowest BCUT2D eigenvalue weighted by atomic mass is 9.95. The summed E-state index contributed by atoms with van der Waals surface area (Å²) in [4.78, 5) is 30.8. The van der Waals surface area contributed by atoms with Crippen molar-refractivity contribution in [2.45, 2.75) is 6.54 Å². The van der Waals surface area contributed by atoms with Gasteiger partial charge in [0.05, 0.1) is 40.4 Å². The molecule has 0 bridgehead atoms. The van der Waals surface area contributed by atoms with Crippen LogP contribution in [0, 0.1) is 0 Å². The third-order valence-electron chi connectivity index (χ3n) is 5.68. The normalized spacial score (nSPS) is 10.7. The van der Waals surface area contributed by atoms with Crippen LogP contribution in [0.5, 0.6) is 23.0 Å². The zero-order chi connectivity index (χ0) is 25.1. The van der Waals surface area contributed by atoms with Crippen molar-refractivity contribution in [3.63, 3.8) is 0 Å². The van der Waals surface area contributed by atoms with Gasteiger partial charge in [-0.15, -0.1) is 0 Å². The molecule has 0 aliphatic carbocycles. The standard InChI is InChI=1S/C26H24N2O7/c1-32-20-11-16(12-21(33-2)24(20)34-3)22-18-6-5-17(29)13-19(18)25(30)28(23(22)26(31)35-4)14-15-7-9-27-10-8-15/h5-13,29H,14H2,1-4H3. The molecule has 0 radical (unpaired) electrons. The van der Waals surface area contributed by atoms with E-state index in [1.54, 1.807) is 42.7 Å². The van der Waals surface area contributed by atoms with E-state index in [1.807, 2.05) is 0 Å². The highest BCUT2D eigenvalue weighted by Gasteiger charge is 2.26. The fourth-order valence-corrected chi connectivity index (χ4v) is 4.08. The van der Waals surface area contributed by atoms with Gasteiger partial charge in [-0.05, 0) is 59.0 Å². The molecule has 4 rings (SSSR count). The first kappa shape index (κ1) is 23.6. The van der Waals surface area contributed by atoms with E-state index in [4.69, 9.17) is 18.9 Å². The monoisotopic (exact) mass is 476 g/mol. The van der Waals surface area contributed by atoms with Gasteiger partial charge in [0.2, 0.25) is 5.75 Å². The average molecular weight is 476 g/mol. The molecular weight excluding hydrogens is 452 g/mol. The SMILES string of the molecule is COC(=O)c1c(-c2cc(OC)c(OC)c(OC)c2)c2ccc(O)cc2c(=O)n1Cc1ccncc1. The van der Waals surface area contributed by atoms with E-state index in [0.29, 0.717) is 33.8 Å². The van der Waals surface area contributed by atoms with Gasteiger partial charge in [0.15, 0.2) is 11.5 Å². The van der Waals surface area contributed by atoms with Gasteiger partial charge in [-0.3, -0.25) is 14.3 Å². The molecule has 0 aliphatic rings. The Kier molecular flexibility index (Phi) is 6.59. The first-order valence-electron chi connectivity index (χ1n) is 10.6. The van der Waals surface area contributed by atoms with Crippen LogP contribution in [0.4, 0.5) is 0 Å². The van der Waals surface area contributed by atoms with Crippen molar-refractivity contribution in [3.05, 3.63) is 76.5 Å². The van der Waals surface area contributed by atoms with E-state index in [2.05, 4.69) is 4.98 Å². The maximum Gasteiger partial charge on any atom is 0.355 e. The minimum Gasteiger partial charge on any atom is -0.508 e. The van der Waals surface area contributed by atoms with Crippen LogP contribution in [0.1, 0.15) is 16.1 Å². The fourth-order valence-electron chi connectivity index (χ4n) is 4.08. The van der Waals surface area contributed by atoms with E-state index >= 15 is 0 Å². The van der Waals surface area contributed by atoms with Gasteiger partial charge in [0, 0.05) is 18.0 Å². The summed E-state index contributed by atoms with van der Waals surface area (Å²) >= 11 is 0. The largest absolute Gasteiger partial charge is 0.508 e. The van der Waals surface area contributed by atoms with Crippen molar-refractivity contribution >= 4 is 16.7 Å². The Balaban J connectivity index is 2.17. The molecule has 0 amide bonds. The molecule has 0 saturated heterocycles. The third-order valence-corrected chi connectivity index (χ3v) is 5.68. The van der Waals surface area contributed by atoms with Crippen molar-refractivity contribution < 1.29 is 28.8 Å². The highest BCUT2D eigenvalue weighted by atomic mass is 16.5. The van der Waals surface area contributed by atoms with Crippen LogP contribution in [0.3, 0.4) is 0 Å². The van der Waals surface area contributed by atoms with E-state index in [0.717, 1.165) is 5.56 Å². The number of ether oxygens (including phenoxy) is 4. The molecule has 180 valence electrons. The molecule has 0 atom stereocenters. The second-order valence-corrected chi connectivity index (χ2v) is 7.61. The Morgan fingerprint density at radius 2 is 1.57 bits per heavy atom. The third kappa shape index (κ3) is 4.23. The summed E-state index contributed by atoms with van der Waals surface area (Å²) < 4.78 is 22.9. The Bertz CT molecular complexity index is 1440. The molecule has 0 aliphatic heterocycles. The van der Waals surface area contributed by atoms with Crippen molar-refractivity contribution in [2.75, 3.05) is 28.4 Å². The van der Waals surface area contributed by atoms with Crippen LogP contribution in [0.2, 0.25) is 0 Å². The minimum absolute atomic E-state index is 0.0433. The number of rotatable bonds is 7. The maximum absolute atomic E-state index is 13.6. The Labute approximate surface area is 201 Å². The van der Waals surface area contributed by atoms with Crippen LogP contribution in [-0.2, 0) is 11.3 Å². The van der Waals surface area contributed by atoms with Gasteiger partial charge < -0.3 is 24.1 Å². The summed E-state index contributed by atoms with van der Waals surface area (Å²) in [5, 5.41) is 10.8. The highest BCUT2D eigenvalue weighted by molar-refractivity contribution is 6.07. The predicted molar refractivity (Wildman–Crippen MR) is 130 cm³/mol. The number of methoxy groups -OCH3 is 4. The van der Waals surface area contributed by atoms with Crippen molar-refractivity contribution in [3.8, 4) is 34.1 Å². The Morgan fingerprint density at radius 3 is 2.14 bits per heavy atom. The van der Waals surface area contributed by atoms with Crippen molar-refractivity contribution in [1.29, 1.82) is 0 Å². The molecule has 35 heavy (non-hydrogen) atoms. The first-order chi connectivity index (χ1) is 16.9. The lowest BCUT2D eigenvalue weighted by Gasteiger charge is -2.20. The summed E-state index contributed by atoms with van der Waals surface area (Å²) in [6.45, 7) is 0.0782. The molecule has 0 fully saturated rings. The second-order valence-electron chi connectivity index (χ2n) is 7.61. The average Bonchev–Trinajstić information content (AvgIpc) is 2.89. The number of carbonyl (C=O) groups excluding carboxylic acids is 1. The van der Waals surface area contributed by atoms with Gasteiger partial charge in [-0.25, -0.2) is 4.79 Å². The minimum atomic E-state index is -0.699. The van der Waals surface area contributed by atoms with Crippen LogP contribution in [0.25, 0.3) is 21.9 Å². The maximum atomic E-state index is 13.6. The van der Waals surface area contributed by atoms with E-state index < -0.39 is 11.5 Å². The fraction of sp³-hybridized carbons (Fsp3) is 0.192. The topological polar surface area (TPSA) is 109 Å². The quantitative estimate of drug-likeness (QED) is 0.403. The van der Waals surface area contributed by atoms with Gasteiger partial charge in [-0.1, -0.05) is 0 Å². The second kappa shape index (κ2) is 9.76. The van der Waals surface area contributed by atoms with E-state index in [-0.39, 0.29) is 23.4 Å². The van der Waals surface area contributed by atoms with Gasteiger partial charge in [-0.2, -0.15) is 0 Å². The van der Waals surface area contributed by atoms with Gasteiger partial charge >= 0.3 is 5.97 Å². The predicted octanol–water partition coefficient (Wildman–Crippen LogP) is 3.63. The van der Waals surface area contributed by atoms with Crippen LogP contribution >= 0.6 is 0 Å². The molecule has 0 saturated carbocycles. The number of aromatic nitrogens is 2. The number of phenols is 1. The van der Waals surface area contributed by atoms with Gasteiger partial charge in [0.25, 0.3) is 5.56 Å². The smallest absolute Gasteiger partial charge is 0.355 e. The number of carbonyl (C=O) groups is 1. The number of esters is 1. The number of aromatic hydroxyl groups is 1. The Morgan fingerprint density at radius 1 is 0.914 bits per heavy atom. The molecule has 2 aromatic carbocycles. The summed E-state index contributed by atoms with van der Waals surface area (Å²) in [6, 6.07) is 11.3. The lowest BCUT2D eigenvalue weighted by molar-refractivity contribution is 0.0588. The number of fused-ring (bicyclic) bond motifs is 1. The molecular formula is C26H24N2O7. The van der Waals surface area contributed by atoms with Gasteiger partial charge in [0.1, 0.15) is 11.4 Å². The van der Waals surface area contributed by atoms with Crippen LogP contribution in [-0.4, -0.2) is 49.1 Å². The summed E-state index contributed by atoms with van der Waals surface area (Å²) in [6.07, 6.45) is 3.20. The first-order valence-corrected chi connectivity index (χ1v) is 10.6. The number of hydrogen-bond donors (Lipinski definition) is 1. The van der Waals surface area contributed by atoms with E-state index in [9.17, 15) is 14.7 Å². The Hall–Kier alpha value is -4.53. The summed E-state index contributed by atoms with van der Waals surface area (Å²) in [5.41, 5.74) is 1.28. The van der Waals surface area contributed by atoms with Crippen molar-refractivity contribution in [2.24, 2.45) is 0 Å². The van der Waals surface area contributed by atoms with Crippen LogP contribution in [0.15, 0.2) is 59.7 Å². The number of phenolic OH excluding ortho intramolecular Hbond substituents is 1. The zero-order valence-electron chi connectivity index (χ0n) is 19.7. The number of benzene rings is 2. The number of pyridine rings is 2. The summed E-state index contributed by atoms with van der Waals surface area (Å²) in [7, 11) is 5.72. The molecule has 2 heterocycles. The van der Waals surface area contributed by atoms with Crippen molar-refractivity contribution in [1.82, 2.24) is 9.55 Å². The zero-order valence-corrected chi connectivity index (χ0v) is 19.7. The highest BCUT2D eigenvalue weighted by Crippen LogP contribution is 2.43. The molecule has 0 spiro atoms. The number of nitrogens with zero attached hydrogens (tertiary/aromatic N) is 2. The molecule has 4 aromatic rings. The lowest BCUT2D eigenvalue weighted by Crippen LogP contribution is -2.28. The molecule has 2 aromatic heterocycles. The molecule has 1 N–H and O–H groups in total. The number of hydrogen-bond acceptors (Lipinski definition) is 8. The van der Waals surface area contributed by atoms with E-state index in [1.165, 1.54) is 45.1 Å². The van der Waals surface area contributed by atoms with Crippen LogP contribution < -0.4 is 19.8 Å².